The molecule has 1 aliphatic heterocycles. The smallest absolute Gasteiger partial charge is 0.330 e. The van der Waals surface area contributed by atoms with E-state index in [0.29, 0.717) is 19.8 Å². The maximum absolute atomic E-state index is 11.1. The van der Waals surface area contributed by atoms with E-state index in [2.05, 4.69) is 20.4 Å². The van der Waals surface area contributed by atoms with E-state index in [1.165, 1.54) is 6.08 Å². The first kappa shape index (κ1) is 30.8. The molecule has 0 radical (unpaired) electrons. The van der Waals surface area contributed by atoms with Gasteiger partial charge in [-0.05, 0) is 26.7 Å². The van der Waals surface area contributed by atoms with Gasteiger partial charge in [-0.3, -0.25) is 0 Å². The molecule has 1 aliphatic rings. The Kier molecular flexibility index (Phi) is 24.4. The van der Waals surface area contributed by atoms with Crippen LogP contribution in [0.1, 0.15) is 81.6 Å². The van der Waals surface area contributed by atoms with Crippen molar-refractivity contribution in [3.8, 4) is 0 Å². The van der Waals surface area contributed by atoms with Crippen molar-refractivity contribution in [3.63, 3.8) is 0 Å². The van der Waals surface area contributed by atoms with Gasteiger partial charge in [0.2, 0.25) is 0 Å². The van der Waals surface area contributed by atoms with E-state index in [1.54, 1.807) is 0 Å². The molecule has 0 amide bonds. The Labute approximate surface area is 168 Å². The second-order valence-electron chi connectivity index (χ2n) is 5.79. The van der Waals surface area contributed by atoms with E-state index in [4.69, 9.17) is 18.9 Å². The topological polar surface area (TPSA) is 54.0 Å². The van der Waals surface area contributed by atoms with Gasteiger partial charge in [-0.2, -0.15) is 0 Å². The Morgan fingerprint density at radius 1 is 1.07 bits per heavy atom. The van der Waals surface area contributed by atoms with E-state index in [0.717, 1.165) is 26.1 Å². The van der Waals surface area contributed by atoms with Crippen molar-refractivity contribution < 1.29 is 23.7 Å². The lowest BCUT2D eigenvalue weighted by molar-refractivity contribution is -0.176. The van der Waals surface area contributed by atoms with Crippen LogP contribution in [0.5, 0.6) is 0 Å². The molecule has 0 bridgehead atoms. The number of hydrogen-bond acceptors (Lipinski definition) is 5. The molecule has 1 rings (SSSR count). The summed E-state index contributed by atoms with van der Waals surface area (Å²) in [6.07, 6.45) is 3.73. The second-order valence-corrected chi connectivity index (χ2v) is 5.79. The van der Waals surface area contributed by atoms with Gasteiger partial charge in [0.25, 0.3) is 0 Å². The highest BCUT2D eigenvalue weighted by Gasteiger charge is 2.33. The second kappa shape index (κ2) is 21.4. The molecule has 1 heterocycles. The average molecular weight is 391 g/mol. The highest BCUT2D eigenvalue weighted by Crippen LogP contribution is 2.32. The predicted octanol–water partition coefficient (Wildman–Crippen LogP) is 5.77. The Hall–Kier alpha value is -0.910. The highest BCUT2D eigenvalue weighted by atomic mass is 16.7. The molecule has 2 unspecified atom stereocenters. The third-order valence-electron chi connectivity index (χ3n) is 3.86. The average Bonchev–Trinajstić information content (AvgIpc) is 2.73. The van der Waals surface area contributed by atoms with Gasteiger partial charge in [-0.25, -0.2) is 4.79 Å². The summed E-state index contributed by atoms with van der Waals surface area (Å²) in [5, 5.41) is 0. The molecule has 0 spiro atoms. The molecule has 27 heavy (non-hydrogen) atoms. The Bertz CT molecular complexity index is 325. The van der Waals surface area contributed by atoms with E-state index >= 15 is 0 Å². The number of rotatable bonds is 9. The van der Waals surface area contributed by atoms with Crippen LogP contribution in [0.15, 0.2) is 12.7 Å². The van der Waals surface area contributed by atoms with E-state index in [-0.39, 0.29) is 17.6 Å². The standard InChI is InChI=1S/C16H28O5.3C2H6/c1-5-15(17)21-13(3)7-8-20-14(4)9-16(6-2)10-18-12-19-11-16;3*1-2/h5,13-14H,1,6-12H2,2-4H3;3*1-2H3. The fourth-order valence-corrected chi connectivity index (χ4v) is 2.49. The molecule has 164 valence electrons. The molecule has 1 fully saturated rings. The van der Waals surface area contributed by atoms with Crippen molar-refractivity contribution in [2.24, 2.45) is 5.41 Å². The summed E-state index contributed by atoms with van der Waals surface area (Å²) in [6, 6.07) is 0. The maximum atomic E-state index is 11.1. The summed E-state index contributed by atoms with van der Waals surface area (Å²) in [5.74, 6) is -0.392. The monoisotopic (exact) mass is 390 g/mol. The quantitative estimate of drug-likeness (QED) is 0.369. The third kappa shape index (κ3) is 15.8. The SMILES string of the molecule is C=CC(=O)OC(C)CCOC(C)CC1(CC)COCOC1.CC.CC.CC. The maximum Gasteiger partial charge on any atom is 0.330 e. The van der Waals surface area contributed by atoms with Crippen LogP contribution in [0.25, 0.3) is 0 Å². The molecular weight excluding hydrogens is 344 g/mol. The van der Waals surface area contributed by atoms with Crippen LogP contribution < -0.4 is 0 Å². The molecule has 5 nitrogen and oxygen atoms in total. The van der Waals surface area contributed by atoms with Crippen molar-refractivity contribution in [1.82, 2.24) is 0 Å². The van der Waals surface area contributed by atoms with Gasteiger partial charge in [0.05, 0.1) is 25.9 Å². The fraction of sp³-hybridized carbons (Fsp3) is 0.864. The highest BCUT2D eigenvalue weighted by molar-refractivity contribution is 5.81. The number of esters is 1. The minimum atomic E-state index is -0.392. The number of carbonyl (C=O) groups is 1. The molecule has 0 aliphatic carbocycles. The van der Waals surface area contributed by atoms with Crippen LogP contribution in [-0.2, 0) is 23.7 Å². The first-order valence-electron chi connectivity index (χ1n) is 10.6. The van der Waals surface area contributed by atoms with Crippen molar-refractivity contribution in [2.45, 2.75) is 93.8 Å². The predicted molar refractivity (Wildman–Crippen MR) is 114 cm³/mol. The van der Waals surface area contributed by atoms with E-state index < -0.39 is 5.97 Å². The first-order chi connectivity index (χ1) is 13.0. The Morgan fingerprint density at radius 3 is 2.04 bits per heavy atom. The summed E-state index contributed by atoms with van der Waals surface area (Å²) in [4.78, 5) is 11.1. The summed E-state index contributed by atoms with van der Waals surface area (Å²) in [7, 11) is 0. The van der Waals surface area contributed by atoms with Gasteiger partial charge < -0.3 is 18.9 Å². The third-order valence-corrected chi connectivity index (χ3v) is 3.86. The van der Waals surface area contributed by atoms with Gasteiger partial charge in [0.15, 0.2) is 0 Å². The Balaban J connectivity index is -0.000000869. The molecule has 0 aromatic rings. The van der Waals surface area contributed by atoms with Crippen LogP contribution in [0.4, 0.5) is 0 Å². The van der Waals surface area contributed by atoms with Crippen LogP contribution in [0.2, 0.25) is 0 Å². The molecule has 1 saturated heterocycles. The summed E-state index contributed by atoms with van der Waals surface area (Å²) < 4.78 is 21.8. The first-order valence-corrected chi connectivity index (χ1v) is 10.6. The van der Waals surface area contributed by atoms with Gasteiger partial charge >= 0.3 is 5.97 Å². The van der Waals surface area contributed by atoms with Gasteiger partial charge in [0, 0.05) is 17.9 Å². The van der Waals surface area contributed by atoms with Crippen molar-refractivity contribution >= 4 is 5.97 Å². The van der Waals surface area contributed by atoms with Crippen LogP contribution >= 0.6 is 0 Å². The lowest BCUT2D eigenvalue weighted by atomic mass is 9.81. The summed E-state index contributed by atoms with van der Waals surface area (Å²) >= 11 is 0. The van der Waals surface area contributed by atoms with Crippen LogP contribution in [-0.4, -0.2) is 44.8 Å². The van der Waals surface area contributed by atoms with E-state index in [1.807, 2.05) is 48.5 Å². The fourth-order valence-electron chi connectivity index (χ4n) is 2.49. The lowest BCUT2D eigenvalue weighted by Gasteiger charge is -2.37. The van der Waals surface area contributed by atoms with Crippen LogP contribution in [0.3, 0.4) is 0 Å². The normalized spacial score (nSPS) is 16.6. The van der Waals surface area contributed by atoms with Crippen molar-refractivity contribution in [1.29, 1.82) is 0 Å². The lowest BCUT2D eigenvalue weighted by Crippen LogP contribution is -2.39. The molecule has 0 saturated carbocycles. The molecule has 0 aromatic heterocycles. The molecular formula is C22H46O5. The van der Waals surface area contributed by atoms with Gasteiger partial charge in [-0.1, -0.05) is 55.0 Å². The number of hydrogen-bond donors (Lipinski definition) is 0. The van der Waals surface area contributed by atoms with Crippen molar-refractivity contribution in [2.75, 3.05) is 26.6 Å². The van der Waals surface area contributed by atoms with E-state index in [9.17, 15) is 4.79 Å². The largest absolute Gasteiger partial charge is 0.459 e. The number of carbonyl (C=O) groups excluding carboxylic acids is 1. The minimum absolute atomic E-state index is 0.0542. The summed E-state index contributed by atoms with van der Waals surface area (Å²) in [5.41, 5.74) is 0.0542. The zero-order chi connectivity index (χ0) is 21.7. The molecule has 2 atom stereocenters. The Morgan fingerprint density at radius 2 is 1.59 bits per heavy atom. The number of ether oxygens (including phenoxy) is 4. The minimum Gasteiger partial charge on any atom is -0.459 e. The molecule has 5 heteroatoms. The van der Waals surface area contributed by atoms with Crippen molar-refractivity contribution in [3.05, 3.63) is 12.7 Å². The van der Waals surface area contributed by atoms with Crippen LogP contribution in [0, 0.1) is 5.41 Å². The molecule has 0 N–H and O–H groups in total. The van der Waals surface area contributed by atoms with Gasteiger partial charge in [-0.15, -0.1) is 0 Å². The zero-order valence-electron chi connectivity index (χ0n) is 19.4. The zero-order valence-corrected chi connectivity index (χ0v) is 19.4. The summed E-state index contributed by atoms with van der Waals surface area (Å²) in [6.45, 7) is 23.9. The van der Waals surface area contributed by atoms with Gasteiger partial charge in [0.1, 0.15) is 12.9 Å². The molecule has 0 aromatic carbocycles.